The van der Waals surface area contributed by atoms with E-state index in [1.807, 2.05) is 0 Å². The molecule has 0 aliphatic heterocycles. The summed E-state index contributed by atoms with van der Waals surface area (Å²) in [5.74, 6) is -2.48. The van der Waals surface area contributed by atoms with E-state index in [4.69, 9.17) is 0 Å². The van der Waals surface area contributed by atoms with E-state index in [9.17, 15) is 14.4 Å². The summed E-state index contributed by atoms with van der Waals surface area (Å²) in [6.45, 7) is 3.43. The molecule has 0 aliphatic rings. The molecular formula is C10H12O6. The summed E-state index contributed by atoms with van der Waals surface area (Å²) in [7, 11) is 0. The van der Waals surface area contributed by atoms with Crippen molar-refractivity contribution in [1.29, 1.82) is 0 Å². The van der Waals surface area contributed by atoms with Crippen molar-refractivity contribution >= 4 is 17.9 Å². The first-order valence-electron chi connectivity index (χ1n) is 4.50. The number of ether oxygens (including phenoxy) is 1. The highest BCUT2D eigenvalue weighted by molar-refractivity contribution is 5.92. The second kappa shape index (κ2) is 8.22. The van der Waals surface area contributed by atoms with Crippen molar-refractivity contribution in [2.24, 2.45) is 0 Å². The Bertz CT molecular complexity index is 315. The van der Waals surface area contributed by atoms with Crippen LogP contribution in [-0.2, 0) is 28.9 Å². The predicted octanol–water partition coefficient (Wildman–Crippen LogP) is 0.683. The van der Waals surface area contributed by atoms with E-state index in [1.165, 1.54) is 6.08 Å². The maximum atomic E-state index is 10.8. The lowest BCUT2D eigenvalue weighted by molar-refractivity contribution is -0.250. The fourth-order valence-electron chi connectivity index (χ4n) is 0.600. The molecule has 0 bridgehead atoms. The molecule has 0 saturated heterocycles. The first-order chi connectivity index (χ1) is 7.60. The Morgan fingerprint density at radius 1 is 0.938 bits per heavy atom. The zero-order chi connectivity index (χ0) is 12.4. The van der Waals surface area contributed by atoms with Gasteiger partial charge in [-0.1, -0.05) is 6.08 Å². The number of hydrogen-bond donors (Lipinski definition) is 0. The second-order valence-electron chi connectivity index (χ2n) is 2.39. The molecule has 0 aromatic carbocycles. The molecule has 0 aliphatic carbocycles. The van der Waals surface area contributed by atoms with Gasteiger partial charge in [0.1, 0.15) is 0 Å². The van der Waals surface area contributed by atoms with Crippen molar-refractivity contribution in [1.82, 2.24) is 0 Å². The highest BCUT2D eigenvalue weighted by Crippen LogP contribution is 1.88. The predicted molar refractivity (Wildman–Crippen MR) is 52.8 cm³/mol. The molecule has 0 aromatic heterocycles. The number of carbonyl (C=O) groups is 3. The van der Waals surface area contributed by atoms with Crippen LogP contribution in [0.4, 0.5) is 0 Å². The molecular weight excluding hydrogens is 216 g/mol. The summed E-state index contributed by atoms with van der Waals surface area (Å²) < 4.78 is 4.50. The molecule has 0 saturated carbocycles. The summed E-state index contributed by atoms with van der Waals surface area (Å²) >= 11 is 0. The van der Waals surface area contributed by atoms with Gasteiger partial charge >= 0.3 is 17.9 Å². The van der Waals surface area contributed by atoms with Crippen molar-refractivity contribution < 1.29 is 28.9 Å². The van der Waals surface area contributed by atoms with Crippen LogP contribution in [0.1, 0.15) is 13.8 Å². The maximum Gasteiger partial charge on any atom is 0.379 e. The molecule has 0 heterocycles. The average Bonchev–Trinajstić information content (AvgIpc) is 2.24. The highest BCUT2D eigenvalue weighted by Gasteiger charge is 2.04. The van der Waals surface area contributed by atoms with E-state index in [0.717, 1.165) is 18.2 Å². The van der Waals surface area contributed by atoms with Crippen molar-refractivity contribution in [3.63, 3.8) is 0 Å². The van der Waals surface area contributed by atoms with Crippen LogP contribution >= 0.6 is 0 Å². The molecule has 0 amide bonds. The Morgan fingerprint density at radius 2 is 1.44 bits per heavy atom. The number of esters is 1. The van der Waals surface area contributed by atoms with Crippen LogP contribution in [0.5, 0.6) is 0 Å². The SMILES string of the molecule is CC=CC(=O)OOC(=O)/C=C\C(=O)OCC. The monoisotopic (exact) mass is 228 g/mol. The van der Waals surface area contributed by atoms with Crippen molar-refractivity contribution in [2.45, 2.75) is 13.8 Å². The molecule has 0 rings (SSSR count). The fourth-order valence-corrected chi connectivity index (χ4v) is 0.600. The van der Waals surface area contributed by atoms with Crippen LogP contribution in [0.15, 0.2) is 24.3 Å². The van der Waals surface area contributed by atoms with Gasteiger partial charge in [0, 0.05) is 18.2 Å². The molecule has 0 spiro atoms. The Kier molecular flexibility index (Phi) is 7.14. The normalized spacial score (nSPS) is 10.4. The van der Waals surface area contributed by atoms with Crippen LogP contribution < -0.4 is 0 Å². The third kappa shape index (κ3) is 7.31. The zero-order valence-corrected chi connectivity index (χ0v) is 8.97. The average molecular weight is 228 g/mol. The second-order valence-corrected chi connectivity index (χ2v) is 2.39. The minimum absolute atomic E-state index is 0.203. The fraction of sp³-hybridized carbons (Fsp3) is 0.300. The molecule has 88 valence electrons. The van der Waals surface area contributed by atoms with Crippen LogP contribution in [0.25, 0.3) is 0 Å². The maximum absolute atomic E-state index is 10.8. The number of rotatable bonds is 4. The first-order valence-corrected chi connectivity index (χ1v) is 4.50. The van der Waals surface area contributed by atoms with E-state index in [0.29, 0.717) is 0 Å². The summed E-state index contributed by atoms with van der Waals surface area (Å²) in [6, 6.07) is 0. The van der Waals surface area contributed by atoms with E-state index >= 15 is 0 Å². The first kappa shape index (κ1) is 13.9. The van der Waals surface area contributed by atoms with Gasteiger partial charge in [0.05, 0.1) is 6.61 Å². The van der Waals surface area contributed by atoms with Gasteiger partial charge in [-0.3, -0.25) is 0 Å². The molecule has 6 nitrogen and oxygen atoms in total. The zero-order valence-electron chi connectivity index (χ0n) is 8.97. The van der Waals surface area contributed by atoms with E-state index < -0.39 is 17.9 Å². The van der Waals surface area contributed by atoms with E-state index in [2.05, 4.69) is 14.5 Å². The quantitative estimate of drug-likeness (QED) is 0.305. The molecule has 0 fully saturated rings. The summed E-state index contributed by atoms with van der Waals surface area (Å²) in [5, 5.41) is 0. The largest absolute Gasteiger partial charge is 0.463 e. The van der Waals surface area contributed by atoms with Crippen LogP contribution in [0.3, 0.4) is 0 Å². The lowest BCUT2D eigenvalue weighted by Gasteiger charge is -1.97. The number of hydrogen-bond acceptors (Lipinski definition) is 6. The Balaban J connectivity index is 3.91. The van der Waals surface area contributed by atoms with Gasteiger partial charge in [-0.25, -0.2) is 24.2 Å². The third-order valence-electron chi connectivity index (χ3n) is 1.15. The molecule has 0 unspecified atom stereocenters. The summed E-state index contributed by atoms with van der Waals surface area (Å²) in [4.78, 5) is 40.4. The smallest absolute Gasteiger partial charge is 0.379 e. The summed E-state index contributed by atoms with van der Waals surface area (Å²) in [5.41, 5.74) is 0. The summed E-state index contributed by atoms with van der Waals surface area (Å²) in [6.07, 6.45) is 4.16. The highest BCUT2D eigenvalue weighted by atomic mass is 17.2. The van der Waals surface area contributed by atoms with Crippen LogP contribution in [0.2, 0.25) is 0 Å². The Morgan fingerprint density at radius 3 is 1.94 bits per heavy atom. The lowest BCUT2D eigenvalue weighted by Crippen LogP contribution is -2.08. The molecule has 6 heteroatoms. The van der Waals surface area contributed by atoms with Crippen molar-refractivity contribution in [3.05, 3.63) is 24.3 Å². The van der Waals surface area contributed by atoms with Crippen LogP contribution in [0, 0.1) is 0 Å². The topological polar surface area (TPSA) is 78.9 Å². The van der Waals surface area contributed by atoms with Gasteiger partial charge in [0.25, 0.3) is 0 Å². The van der Waals surface area contributed by atoms with Gasteiger partial charge in [-0.15, -0.1) is 0 Å². The van der Waals surface area contributed by atoms with Gasteiger partial charge in [0.2, 0.25) is 0 Å². The molecule has 0 radical (unpaired) electrons. The number of allylic oxidation sites excluding steroid dienone is 1. The Hall–Kier alpha value is -2.11. The van der Waals surface area contributed by atoms with Gasteiger partial charge in [-0.2, -0.15) is 0 Å². The van der Waals surface area contributed by atoms with E-state index in [-0.39, 0.29) is 6.61 Å². The minimum Gasteiger partial charge on any atom is -0.463 e. The molecule has 0 aromatic rings. The third-order valence-corrected chi connectivity index (χ3v) is 1.15. The van der Waals surface area contributed by atoms with E-state index in [1.54, 1.807) is 13.8 Å². The standard InChI is InChI=1S/C10H12O6/c1-3-5-9(12)15-16-10(13)7-6-8(11)14-4-2/h3,5-7H,4H2,1-2H3/b5-3?,7-6-. The van der Waals surface area contributed by atoms with Crippen molar-refractivity contribution in [2.75, 3.05) is 6.61 Å². The minimum atomic E-state index is -0.981. The van der Waals surface area contributed by atoms with Gasteiger partial charge in [-0.05, 0) is 13.8 Å². The molecule has 0 N–H and O–H groups in total. The molecule has 0 atom stereocenters. The van der Waals surface area contributed by atoms with Crippen LogP contribution in [-0.4, -0.2) is 24.5 Å². The Labute approximate surface area is 92.4 Å². The van der Waals surface area contributed by atoms with Gasteiger partial charge in [0.15, 0.2) is 0 Å². The molecule has 16 heavy (non-hydrogen) atoms. The number of carbonyl (C=O) groups excluding carboxylic acids is 3. The van der Waals surface area contributed by atoms with Crippen molar-refractivity contribution in [3.8, 4) is 0 Å². The lowest BCUT2D eigenvalue weighted by atomic mass is 10.5. The van der Waals surface area contributed by atoms with Gasteiger partial charge < -0.3 is 4.74 Å².